The third kappa shape index (κ3) is 3.40. The van der Waals surface area contributed by atoms with E-state index in [0.29, 0.717) is 22.3 Å². The Bertz CT molecular complexity index is 878. The first-order valence-electron chi connectivity index (χ1n) is 5.86. The Hall–Kier alpha value is -2.91. The topological polar surface area (TPSA) is 126 Å². The first-order valence-corrected chi connectivity index (χ1v) is 7.20. The predicted molar refractivity (Wildman–Crippen MR) is 76.1 cm³/mol. The van der Waals surface area contributed by atoms with Crippen LogP contribution in [0, 0.1) is 22.7 Å². The van der Waals surface area contributed by atoms with Crippen LogP contribution >= 0.6 is 0 Å². The maximum atomic E-state index is 11.1. The van der Waals surface area contributed by atoms with E-state index in [2.05, 4.69) is 14.4 Å². The van der Waals surface area contributed by atoms with Gasteiger partial charge in [-0.15, -0.1) is 0 Å². The Kier molecular flexibility index (Phi) is 4.39. The molecule has 0 heterocycles. The molecular formula is C14H9N3O4S. The fourth-order valence-corrected chi connectivity index (χ4v) is 2.17. The van der Waals surface area contributed by atoms with Crippen LogP contribution in [0.3, 0.4) is 0 Å². The highest BCUT2D eigenvalue weighted by atomic mass is 32.3. The highest BCUT2D eigenvalue weighted by Gasteiger charge is 2.12. The summed E-state index contributed by atoms with van der Waals surface area (Å²) in [6.45, 7) is 0. The van der Waals surface area contributed by atoms with E-state index in [9.17, 15) is 8.42 Å². The molecule has 7 nitrogen and oxygen atoms in total. The molecule has 0 saturated carbocycles. The van der Waals surface area contributed by atoms with Gasteiger partial charge in [0, 0.05) is 0 Å². The predicted octanol–water partition coefficient (Wildman–Crippen LogP) is 1.61. The van der Waals surface area contributed by atoms with Gasteiger partial charge in [-0.1, -0.05) is 18.2 Å². The third-order valence-electron chi connectivity index (χ3n) is 2.75. The molecule has 0 saturated heterocycles. The van der Waals surface area contributed by atoms with E-state index in [0.717, 1.165) is 0 Å². The SMILES string of the molecule is N#Cc1ccc(-c2ccc(OS(=O)(=O)ON)cc2)c(C#N)c1. The molecule has 0 fully saturated rings. The molecule has 0 aliphatic carbocycles. The summed E-state index contributed by atoms with van der Waals surface area (Å²) in [7, 11) is -4.28. The van der Waals surface area contributed by atoms with Crippen LogP contribution < -0.4 is 10.1 Å². The van der Waals surface area contributed by atoms with Crippen molar-refractivity contribution >= 4 is 10.4 Å². The number of nitrogens with zero attached hydrogens (tertiary/aromatic N) is 2. The van der Waals surface area contributed by atoms with Crippen LogP contribution in [0.2, 0.25) is 0 Å². The zero-order valence-corrected chi connectivity index (χ0v) is 11.9. The average Bonchev–Trinajstić information content (AvgIpc) is 2.54. The van der Waals surface area contributed by atoms with Gasteiger partial charge >= 0.3 is 10.4 Å². The van der Waals surface area contributed by atoms with Gasteiger partial charge < -0.3 is 4.18 Å². The van der Waals surface area contributed by atoms with Gasteiger partial charge in [0.1, 0.15) is 5.75 Å². The molecule has 0 unspecified atom stereocenters. The molecule has 0 atom stereocenters. The van der Waals surface area contributed by atoms with E-state index in [1.165, 1.54) is 18.2 Å². The van der Waals surface area contributed by atoms with Crippen LogP contribution in [0.15, 0.2) is 42.5 Å². The Morgan fingerprint density at radius 2 is 1.68 bits per heavy atom. The third-order valence-corrected chi connectivity index (χ3v) is 3.38. The van der Waals surface area contributed by atoms with Gasteiger partial charge in [-0.05, 0) is 35.4 Å². The van der Waals surface area contributed by atoms with Crippen molar-refractivity contribution in [3.8, 4) is 29.0 Å². The van der Waals surface area contributed by atoms with Crippen molar-refractivity contribution in [2.45, 2.75) is 0 Å². The van der Waals surface area contributed by atoms with E-state index >= 15 is 0 Å². The van der Waals surface area contributed by atoms with Gasteiger partial charge in [0.15, 0.2) is 0 Å². The lowest BCUT2D eigenvalue weighted by Crippen LogP contribution is -2.16. The van der Waals surface area contributed by atoms with E-state index in [4.69, 9.17) is 10.5 Å². The van der Waals surface area contributed by atoms with Crippen molar-refractivity contribution in [2.75, 3.05) is 0 Å². The Labute approximate surface area is 127 Å². The standard InChI is InChI=1S/C14H9N3O4S/c15-8-10-1-6-14(12(7-10)9-16)11-2-4-13(5-3-11)20-22(18,19)21-17/h1-7H,17H2. The summed E-state index contributed by atoms with van der Waals surface area (Å²) in [5.41, 5.74) is 2.00. The smallest absolute Gasteiger partial charge is 0.361 e. The summed E-state index contributed by atoms with van der Waals surface area (Å²) in [6.07, 6.45) is 0. The fourth-order valence-electron chi connectivity index (χ4n) is 1.79. The van der Waals surface area contributed by atoms with Crippen molar-refractivity contribution in [1.82, 2.24) is 0 Å². The lowest BCUT2D eigenvalue weighted by Gasteiger charge is -2.07. The number of rotatable bonds is 4. The van der Waals surface area contributed by atoms with E-state index in [-0.39, 0.29) is 5.75 Å². The van der Waals surface area contributed by atoms with Crippen molar-refractivity contribution in [1.29, 1.82) is 10.5 Å². The first-order chi connectivity index (χ1) is 10.5. The molecule has 110 valence electrons. The molecule has 8 heteroatoms. The Morgan fingerprint density at radius 1 is 1.00 bits per heavy atom. The monoisotopic (exact) mass is 315 g/mol. The van der Waals surface area contributed by atoms with Crippen LogP contribution in [0.25, 0.3) is 11.1 Å². The van der Waals surface area contributed by atoms with Gasteiger partial charge in [0.2, 0.25) is 0 Å². The number of hydrogen-bond acceptors (Lipinski definition) is 7. The molecule has 0 aromatic heterocycles. The van der Waals surface area contributed by atoms with E-state index in [1.54, 1.807) is 24.3 Å². The number of hydrogen-bond donors (Lipinski definition) is 1. The van der Waals surface area contributed by atoms with E-state index < -0.39 is 10.4 Å². The maximum Gasteiger partial charge on any atom is 0.465 e. The molecule has 2 rings (SSSR count). The van der Waals surface area contributed by atoms with Crippen LogP contribution in [0.5, 0.6) is 5.75 Å². The summed E-state index contributed by atoms with van der Waals surface area (Å²) in [5.74, 6) is 4.58. The minimum atomic E-state index is -4.28. The molecule has 0 spiro atoms. The van der Waals surface area contributed by atoms with Crippen LogP contribution in [-0.2, 0) is 14.7 Å². The normalized spacial score (nSPS) is 10.5. The number of nitriles is 2. The van der Waals surface area contributed by atoms with Crippen molar-refractivity contribution in [2.24, 2.45) is 5.90 Å². The molecule has 0 bridgehead atoms. The second-order valence-electron chi connectivity index (χ2n) is 4.10. The van der Waals surface area contributed by atoms with Crippen LogP contribution in [-0.4, -0.2) is 8.42 Å². The van der Waals surface area contributed by atoms with Gasteiger partial charge in [-0.25, -0.2) is 0 Å². The van der Waals surface area contributed by atoms with Gasteiger partial charge in [0.05, 0.1) is 23.3 Å². The molecule has 0 radical (unpaired) electrons. The molecular weight excluding hydrogens is 306 g/mol. The Morgan fingerprint density at radius 3 is 2.23 bits per heavy atom. The summed E-state index contributed by atoms with van der Waals surface area (Å²) in [6, 6.07) is 14.6. The first kappa shape index (κ1) is 15.5. The van der Waals surface area contributed by atoms with Crippen LogP contribution in [0.4, 0.5) is 0 Å². The molecule has 0 aliphatic heterocycles. The minimum absolute atomic E-state index is 0.0151. The van der Waals surface area contributed by atoms with Gasteiger partial charge in [0.25, 0.3) is 0 Å². The molecule has 2 N–H and O–H groups in total. The molecule has 2 aromatic carbocycles. The second kappa shape index (κ2) is 6.24. The fraction of sp³-hybridized carbons (Fsp3) is 0. The van der Waals surface area contributed by atoms with Crippen molar-refractivity contribution in [3.63, 3.8) is 0 Å². The van der Waals surface area contributed by atoms with Crippen LogP contribution in [0.1, 0.15) is 11.1 Å². The lowest BCUT2D eigenvalue weighted by molar-refractivity contribution is 0.282. The molecule has 22 heavy (non-hydrogen) atoms. The highest BCUT2D eigenvalue weighted by Crippen LogP contribution is 2.26. The number of nitrogens with two attached hydrogens (primary N) is 1. The maximum absolute atomic E-state index is 11.1. The lowest BCUT2D eigenvalue weighted by atomic mass is 9.98. The molecule has 0 amide bonds. The summed E-state index contributed by atoms with van der Waals surface area (Å²) >= 11 is 0. The van der Waals surface area contributed by atoms with E-state index in [1.807, 2.05) is 12.1 Å². The summed E-state index contributed by atoms with van der Waals surface area (Å²) < 4.78 is 30.3. The Balaban J connectivity index is 2.36. The van der Waals surface area contributed by atoms with Gasteiger partial charge in [-0.2, -0.15) is 29.1 Å². The quantitative estimate of drug-likeness (QED) is 0.849. The minimum Gasteiger partial charge on any atom is -0.361 e. The van der Waals surface area contributed by atoms with Gasteiger partial charge in [-0.3, -0.25) is 0 Å². The zero-order valence-electron chi connectivity index (χ0n) is 11.1. The molecule has 2 aromatic rings. The number of benzene rings is 2. The summed E-state index contributed by atoms with van der Waals surface area (Å²) in [4.78, 5) is 0. The summed E-state index contributed by atoms with van der Waals surface area (Å²) in [5, 5.41) is 18.0. The zero-order chi connectivity index (χ0) is 16.2. The average molecular weight is 315 g/mol. The highest BCUT2D eigenvalue weighted by molar-refractivity contribution is 7.82. The van der Waals surface area contributed by atoms with Crippen molar-refractivity contribution in [3.05, 3.63) is 53.6 Å². The molecule has 0 aliphatic rings. The van der Waals surface area contributed by atoms with Crippen molar-refractivity contribution < 1.29 is 16.9 Å². The second-order valence-corrected chi connectivity index (χ2v) is 5.27. The largest absolute Gasteiger partial charge is 0.465 e.